The lowest BCUT2D eigenvalue weighted by atomic mass is 10.0. The predicted octanol–water partition coefficient (Wildman–Crippen LogP) is 2.06. The number of amides is 1. The first-order valence-electron chi connectivity index (χ1n) is 6.74. The zero-order chi connectivity index (χ0) is 14.7. The molecule has 0 saturated heterocycles. The molecule has 0 bridgehead atoms. The predicted molar refractivity (Wildman–Crippen MR) is 83.6 cm³/mol. The monoisotopic (exact) mass is 312 g/mol. The van der Waals surface area contributed by atoms with Crippen molar-refractivity contribution in [3.05, 3.63) is 23.5 Å². The maximum atomic E-state index is 12.2. The van der Waals surface area contributed by atoms with Crippen LogP contribution in [-0.4, -0.2) is 28.6 Å². The molecule has 0 aromatic carbocycles. The molecule has 21 heavy (non-hydrogen) atoms. The molecule has 2 aromatic heterocycles. The van der Waals surface area contributed by atoms with Crippen molar-refractivity contribution in [1.82, 2.24) is 15.5 Å². The van der Waals surface area contributed by atoms with Crippen LogP contribution in [-0.2, 0) is 0 Å². The number of pyridine rings is 1. The second-order valence-corrected chi connectivity index (χ2v) is 5.38. The van der Waals surface area contributed by atoms with Gasteiger partial charge in [0.1, 0.15) is 0 Å². The van der Waals surface area contributed by atoms with Gasteiger partial charge in [-0.2, -0.15) is 0 Å². The molecule has 6 nitrogen and oxygen atoms in total. The number of fused-ring (bicyclic) bond motifs is 1. The molecule has 1 unspecified atom stereocenters. The third-order valence-electron chi connectivity index (χ3n) is 3.15. The van der Waals surface area contributed by atoms with E-state index in [1.165, 1.54) is 6.20 Å². The van der Waals surface area contributed by atoms with Gasteiger partial charge in [-0.15, -0.1) is 12.4 Å². The highest BCUT2D eigenvalue weighted by Crippen LogP contribution is 2.17. The molecule has 2 heterocycles. The van der Waals surface area contributed by atoms with Gasteiger partial charge in [0.15, 0.2) is 0 Å². The van der Waals surface area contributed by atoms with Crippen LogP contribution in [0, 0.1) is 12.8 Å². The summed E-state index contributed by atoms with van der Waals surface area (Å²) in [5.74, 6) is 0.306. The first-order valence-corrected chi connectivity index (χ1v) is 6.74. The molecule has 0 saturated carbocycles. The summed E-state index contributed by atoms with van der Waals surface area (Å²) in [5.41, 5.74) is 7.35. The van der Waals surface area contributed by atoms with Crippen LogP contribution < -0.4 is 11.1 Å². The van der Waals surface area contributed by atoms with E-state index in [9.17, 15) is 4.79 Å². The zero-order valence-corrected chi connectivity index (χ0v) is 13.2. The maximum absolute atomic E-state index is 12.2. The highest BCUT2D eigenvalue weighted by atomic mass is 35.5. The van der Waals surface area contributed by atoms with E-state index >= 15 is 0 Å². The van der Waals surface area contributed by atoms with Gasteiger partial charge in [-0.05, 0) is 25.3 Å². The SMILES string of the molecule is Cc1noc2ncc(C(=O)NC(CN)CC(C)C)cc12.Cl. The molecule has 0 aliphatic rings. The van der Waals surface area contributed by atoms with Crippen LogP contribution in [0.15, 0.2) is 16.8 Å². The summed E-state index contributed by atoms with van der Waals surface area (Å²) in [7, 11) is 0. The molecule has 116 valence electrons. The molecule has 0 fully saturated rings. The van der Waals surface area contributed by atoms with E-state index in [1.54, 1.807) is 6.07 Å². The number of halogens is 1. The van der Waals surface area contributed by atoms with Gasteiger partial charge in [0.05, 0.1) is 16.6 Å². The van der Waals surface area contributed by atoms with Crippen LogP contribution in [0.25, 0.3) is 11.1 Å². The summed E-state index contributed by atoms with van der Waals surface area (Å²) in [4.78, 5) is 16.3. The first-order chi connectivity index (χ1) is 9.51. The fraction of sp³-hybridized carbons (Fsp3) is 0.500. The number of nitrogens with zero attached hydrogens (tertiary/aromatic N) is 2. The summed E-state index contributed by atoms with van der Waals surface area (Å²) >= 11 is 0. The summed E-state index contributed by atoms with van der Waals surface area (Å²) in [6, 6.07) is 1.72. The Balaban J connectivity index is 0.00000220. The van der Waals surface area contributed by atoms with Crippen LogP contribution in [0.2, 0.25) is 0 Å². The molecule has 3 N–H and O–H groups in total. The minimum atomic E-state index is -0.170. The van der Waals surface area contributed by atoms with Gasteiger partial charge >= 0.3 is 0 Å². The Morgan fingerprint density at radius 2 is 2.19 bits per heavy atom. The molecule has 1 amide bonds. The third-order valence-corrected chi connectivity index (χ3v) is 3.15. The number of nitrogens with two attached hydrogens (primary N) is 1. The Bertz CT molecular complexity index is 612. The van der Waals surface area contributed by atoms with Gasteiger partial charge < -0.3 is 15.6 Å². The minimum absolute atomic E-state index is 0. The number of aromatic nitrogens is 2. The van der Waals surface area contributed by atoms with Crippen molar-refractivity contribution in [3.63, 3.8) is 0 Å². The van der Waals surface area contributed by atoms with Crippen LogP contribution >= 0.6 is 12.4 Å². The van der Waals surface area contributed by atoms with Crippen LogP contribution in [0.4, 0.5) is 0 Å². The van der Waals surface area contributed by atoms with Crippen molar-refractivity contribution in [3.8, 4) is 0 Å². The second kappa shape index (κ2) is 7.38. The first kappa shape index (κ1) is 17.4. The molecule has 7 heteroatoms. The molecule has 0 spiro atoms. The Morgan fingerprint density at radius 1 is 1.48 bits per heavy atom. The fourth-order valence-electron chi connectivity index (χ4n) is 2.12. The van der Waals surface area contributed by atoms with Crippen LogP contribution in [0.5, 0.6) is 0 Å². The Kier molecular flexibility index (Phi) is 6.11. The number of hydrogen-bond donors (Lipinski definition) is 2. The Labute approximate surface area is 129 Å². The fourth-order valence-corrected chi connectivity index (χ4v) is 2.12. The standard InChI is InChI=1S/C14H20N4O2.ClH/c1-8(2)4-11(6-15)17-13(19)10-5-12-9(3)18-20-14(12)16-7-10;/h5,7-8,11H,4,6,15H2,1-3H3,(H,17,19);1H. The number of aryl methyl sites for hydroxylation is 1. The molecule has 2 aromatic rings. The molecule has 0 aliphatic heterocycles. The zero-order valence-electron chi connectivity index (χ0n) is 12.4. The molecule has 0 aliphatic carbocycles. The Morgan fingerprint density at radius 3 is 2.81 bits per heavy atom. The number of rotatable bonds is 5. The van der Waals surface area contributed by atoms with E-state index in [2.05, 4.69) is 29.3 Å². The topological polar surface area (TPSA) is 94.0 Å². The number of carbonyl (C=O) groups is 1. The van der Waals surface area contributed by atoms with Crippen LogP contribution in [0.1, 0.15) is 36.3 Å². The van der Waals surface area contributed by atoms with Gasteiger partial charge in [0.2, 0.25) is 0 Å². The summed E-state index contributed by atoms with van der Waals surface area (Å²) in [5, 5.41) is 7.51. The maximum Gasteiger partial charge on any atom is 0.257 e. The largest absolute Gasteiger partial charge is 0.348 e. The normalized spacial score (nSPS) is 12.2. The molecule has 0 radical (unpaired) electrons. The molecular formula is C14H21ClN4O2. The van der Waals surface area contributed by atoms with E-state index in [0.29, 0.717) is 23.7 Å². The summed E-state index contributed by atoms with van der Waals surface area (Å²) in [6.07, 6.45) is 2.34. The number of hydrogen-bond acceptors (Lipinski definition) is 5. The lowest BCUT2D eigenvalue weighted by Gasteiger charge is -2.18. The van der Waals surface area contributed by atoms with Crippen molar-refractivity contribution in [2.75, 3.05) is 6.54 Å². The van der Waals surface area contributed by atoms with E-state index in [-0.39, 0.29) is 24.4 Å². The van der Waals surface area contributed by atoms with Gasteiger partial charge in [-0.25, -0.2) is 4.98 Å². The molecule has 2 rings (SSSR count). The van der Waals surface area contributed by atoms with E-state index in [0.717, 1.165) is 17.5 Å². The lowest BCUT2D eigenvalue weighted by Crippen LogP contribution is -2.41. The quantitative estimate of drug-likeness (QED) is 0.881. The average molecular weight is 313 g/mol. The molecular weight excluding hydrogens is 292 g/mol. The second-order valence-electron chi connectivity index (χ2n) is 5.38. The van der Waals surface area contributed by atoms with Gasteiger partial charge in [-0.3, -0.25) is 4.79 Å². The highest BCUT2D eigenvalue weighted by molar-refractivity contribution is 5.97. The smallest absolute Gasteiger partial charge is 0.257 e. The van der Waals surface area contributed by atoms with Crippen molar-refractivity contribution < 1.29 is 9.32 Å². The van der Waals surface area contributed by atoms with E-state index in [1.807, 2.05) is 6.92 Å². The van der Waals surface area contributed by atoms with Gasteiger partial charge in [0, 0.05) is 18.8 Å². The minimum Gasteiger partial charge on any atom is -0.348 e. The van der Waals surface area contributed by atoms with Crippen molar-refractivity contribution >= 4 is 29.4 Å². The number of carbonyl (C=O) groups excluding carboxylic acids is 1. The summed E-state index contributed by atoms with van der Waals surface area (Å²) < 4.78 is 5.03. The highest BCUT2D eigenvalue weighted by Gasteiger charge is 2.16. The summed E-state index contributed by atoms with van der Waals surface area (Å²) in [6.45, 7) is 6.44. The van der Waals surface area contributed by atoms with Crippen LogP contribution in [0.3, 0.4) is 0 Å². The molecule has 1 atom stereocenters. The van der Waals surface area contributed by atoms with Gasteiger partial charge in [-0.1, -0.05) is 19.0 Å². The van der Waals surface area contributed by atoms with Gasteiger partial charge in [0.25, 0.3) is 11.6 Å². The van der Waals surface area contributed by atoms with E-state index < -0.39 is 0 Å². The van der Waals surface area contributed by atoms with E-state index in [4.69, 9.17) is 10.3 Å². The van der Waals surface area contributed by atoms with Crippen molar-refractivity contribution in [1.29, 1.82) is 0 Å². The third kappa shape index (κ3) is 4.15. The average Bonchev–Trinajstić information content (AvgIpc) is 2.78. The van der Waals surface area contributed by atoms with Crippen molar-refractivity contribution in [2.24, 2.45) is 11.7 Å². The van der Waals surface area contributed by atoms with Crippen molar-refractivity contribution in [2.45, 2.75) is 33.2 Å². The number of nitrogens with one attached hydrogen (secondary N) is 1. The lowest BCUT2D eigenvalue weighted by molar-refractivity contribution is 0.0933. The Hall–Kier alpha value is -1.66.